The third-order valence-electron chi connectivity index (χ3n) is 3.06. The van der Waals surface area contributed by atoms with Crippen LogP contribution in [0.2, 0.25) is 0 Å². The van der Waals surface area contributed by atoms with Crippen LogP contribution in [0.1, 0.15) is 39.5 Å². The van der Waals surface area contributed by atoms with Crippen LogP contribution in [-0.2, 0) is 4.74 Å². The van der Waals surface area contributed by atoms with Gasteiger partial charge in [0, 0.05) is 6.54 Å². The van der Waals surface area contributed by atoms with E-state index >= 15 is 0 Å². The van der Waals surface area contributed by atoms with Crippen LogP contribution < -0.4 is 5.32 Å². The Morgan fingerprint density at radius 1 is 1.23 bits per heavy atom. The van der Waals surface area contributed by atoms with Gasteiger partial charge in [0.2, 0.25) is 0 Å². The average molecular weight is 183 g/mol. The number of hydrogen-bond donors (Lipinski definition) is 1. The summed E-state index contributed by atoms with van der Waals surface area (Å²) in [5.74, 6) is 0.981. The molecule has 0 radical (unpaired) electrons. The molecule has 0 bridgehead atoms. The van der Waals surface area contributed by atoms with Gasteiger partial charge in [0.15, 0.2) is 0 Å². The molecule has 2 rings (SSSR count). The first-order valence-corrected chi connectivity index (χ1v) is 5.54. The van der Waals surface area contributed by atoms with Gasteiger partial charge in [0.1, 0.15) is 0 Å². The molecule has 2 heteroatoms. The number of hydrogen-bond acceptors (Lipinski definition) is 2. The van der Waals surface area contributed by atoms with E-state index in [1.54, 1.807) is 0 Å². The molecule has 1 saturated heterocycles. The molecule has 1 atom stereocenters. The molecule has 1 unspecified atom stereocenters. The van der Waals surface area contributed by atoms with Gasteiger partial charge in [0.05, 0.1) is 11.7 Å². The minimum absolute atomic E-state index is 0.131. The van der Waals surface area contributed by atoms with Crippen molar-refractivity contribution in [3.63, 3.8) is 0 Å². The van der Waals surface area contributed by atoms with E-state index in [2.05, 4.69) is 19.2 Å². The summed E-state index contributed by atoms with van der Waals surface area (Å²) in [5.41, 5.74) is 0.131. The Kier molecular flexibility index (Phi) is 2.61. The monoisotopic (exact) mass is 183 g/mol. The summed E-state index contributed by atoms with van der Waals surface area (Å²) in [5, 5.41) is 3.50. The number of nitrogens with one attached hydrogen (secondary N) is 1. The summed E-state index contributed by atoms with van der Waals surface area (Å²) in [4.78, 5) is 0. The molecule has 2 fully saturated rings. The van der Waals surface area contributed by atoms with Crippen molar-refractivity contribution in [1.82, 2.24) is 5.32 Å². The van der Waals surface area contributed by atoms with Crippen molar-refractivity contribution in [3.05, 3.63) is 0 Å². The summed E-state index contributed by atoms with van der Waals surface area (Å²) < 4.78 is 5.89. The lowest BCUT2D eigenvalue weighted by Crippen LogP contribution is -2.30. The van der Waals surface area contributed by atoms with E-state index in [1.807, 2.05) is 0 Å². The lowest BCUT2D eigenvalue weighted by atomic mass is 10.1. The molecule has 0 spiro atoms. The van der Waals surface area contributed by atoms with Gasteiger partial charge in [-0.15, -0.1) is 0 Å². The summed E-state index contributed by atoms with van der Waals surface area (Å²) in [7, 11) is 0. The first kappa shape index (κ1) is 9.47. The first-order valence-electron chi connectivity index (χ1n) is 5.54. The molecule has 1 N–H and O–H groups in total. The van der Waals surface area contributed by atoms with Gasteiger partial charge < -0.3 is 10.1 Å². The SMILES string of the molecule is CC1(C)CCC(CNCC2CC2)O1. The van der Waals surface area contributed by atoms with Crippen LogP contribution in [-0.4, -0.2) is 24.8 Å². The molecule has 13 heavy (non-hydrogen) atoms. The zero-order valence-corrected chi connectivity index (χ0v) is 8.81. The minimum atomic E-state index is 0.131. The summed E-state index contributed by atoms with van der Waals surface area (Å²) in [6.45, 7) is 6.64. The molecule has 76 valence electrons. The second kappa shape index (κ2) is 3.58. The molecule has 1 heterocycles. The summed E-state index contributed by atoms with van der Waals surface area (Å²) >= 11 is 0. The Morgan fingerprint density at radius 2 is 2.00 bits per heavy atom. The fourth-order valence-electron chi connectivity index (χ4n) is 1.99. The highest BCUT2D eigenvalue weighted by Gasteiger charge is 2.31. The van der Waals surface area contributed by atoms with E-state index in [9.17, 15) is 0 Å². The zero-order valence-electron chi connectivity index (χ0n) is 8.81. The molecule has 0 aromatic rings. The highest BCUT2D eigenvalue weighted by atomic mass is 16.5. The highest BCUT2D eigenvalue weighted by molar-refractivity contribution is 4.83. The predicted octanol–water partition coefficient (Wildman–Crippen LogP) is 1.94. The molecule has 0 aromatic carbocycles. The van der Waals surface area contributed by atoms with Gasteiger partial charge in [-0.25, -0.2) is 0 Å². The molecule has 2 aliphatic rings. The third-order valence-corrected chi connectivity index (χ3v) is 3.06. The van der Waals surface area contributed by atoms with Crippen molar-refractivity contribution in [1.29, 1.82) is 0 Å². The van der Waals surface area contributed by atoms with Crippen molar-refractivity contribution in [2.45, 2.75) is 51.2 Å². The summed E-state index contributed by atoms with van der Waals surface area (Å²) in [6, 6.07) is 0. The van der Waals surface area contributed by atoms with E-state index in [0.717, 1.165) is 12.5 Å². The van der Waals surface area contributed by atoms with Crippen molar-refractivity contribution >= 4 is 0 Å². The third kappa shape index (κ3) is 2.96. The van der Waals surface area contributed by atoms with Crippen LogP contribution in [0.15, 0.2) is 0 Å². The van der Waals surface area contributed by atoms with Gasteiger partial charge in [-0.3, -0.25) is 0 Å². The van der Waals surface area contributed by atoms with Crippen LogP contribution in [0.3, 0.4) is 0 Å². The molecular weight excluding hydrogens is 162 g/mol. The van der Waals surface area contributed by atoms with Gasteiger partial charge >= 0.3 is 0 Å². The summed E-state index contributed by atoms with van der Waals surface area (Å²) in [6.07, 6.45) is 5.77. The van der Waals surface area contributed by atoms with Gasteiger partial charge in [-0.05, 0) is 52.0 Å². The Morgan fingerprint density at radius 3 is 2.54 bits per heavy atom. The Labute approximate surface area is 81.0 Å². The Balaban J connectivity index is 1.59. The predicted molar refractivity (Wildman–Crippen MR) is 53.8 cm³/mol. The van der Waals surface area contributed by atoms with Gasteiger partial charge in [0.25, 0.3) is 0 Å². The standard InChI is InChI=1S/C11H21NO/c1-11(2)6-5-10(13-11)8-12-7-9-3-4-9/h9-10,12H,3-8H2,1-2H3. The second-order valence-electron chi connectivity index (χ2n) is 5.14. The van der Waals surface area contributed by atoms with E-state index < -0.39 is 0 Å². The van der Waals surface area contributed by atoms with Crippen LogP contribution in [0.4, 0.5) is 0 Å². The maximum Gasteiger partial charge on any atom is 0.0707 e. The quantitative estimate of drug-likeness (QED) is 0.719. The largest absolute Gasteiger partial charge is 0.371 e. The molecule has 1 aliphatic carbocycles. The van der Waals surface area contributed by atoms with Crippen molar-refractivity contribution in [2.75, 3.05) is 13.1 Å². The number of ether oxygens (including phenoxy) is 1. The maximum atomic E-state index is 5.89. The first-order chi connectivity index (χ1) is 6.16. The molecule has 2 nitrogen and oxygen atoms in total. The molecule has 1 aliphatic heterocycles. The highest BCUT2D eigenvalue weighted by Crippen LogP contribution is 2.30. The molecule has 0 aromatic heterocycles. The fraction of sp³-hybridized carbons (Fsp3) is 1.00. The number of rotatable bonds is 4. The molecule has 1 saturated carbocycles. The lowest BCUT2D eigenvalue weighted by Gasteiger charge is -2.19. The second-order valence-corrected chi connectivity index (χ2v) is 5.14. The van der Waals surface area contributed by atoms with Crippen molar-refractivity contribution < 1.29 is 4.74 Å². The smallest absolute Gasteiger partial charge is 0.0707 e. The molecular formula is C11H21NO. The Hall–Kier alpha value is -0.0800. The fourth-order valence-corrected chi connectivity index (χ4v) is 1.99. The average Bonchev–Trinajstić information content (AvgIpc) is 2.78. The topological polar surface area (TPSA) is 21.3 Å². The zero-order chi connectivity index (χ0) is 9.31. The van der Waals surface area contributed by atoms with Gasteiger partial charge in [-0.1, -0.05) is 0 Å². The maximum absolute atomic E-state index is 5.89. The molecule has 0 amide bonds. The van der Waals surface area contributed by atoms with Crippen LogP contribution >= 0.6 is 0 Å². The van der Waals surface area contributed by atoms with Gasteiger partial charge in [-0.2, -0.15) is 0 Å². The lowest BCUT2D eigenvalue weighted by molar-refractivity contribution is -0.0141. The van der Waals surface area contributed by atoms with E-state index in [-0.39, 0.29) is 5.60 Å². The minimum Gasteiger partial charge on any atom is -0.371 e. The van der Waals surface area contributed by atoms with Crippen molar-refractivity contribution in [2.24, 2.45) is 5.92 Å². The van der Waals surface area contributed by atoms with E-state index in [0.29, 0.717) is 6.10 Å². The van der Waals surface area contributed by atoms with E-state index in [4.69, 9.17) is 4.74 Å². The van der Waals surface area contributed by atoms with Crippen molar-refractivity contribution in [3.8, 4) is 0 Å². The van der Waals surface area contributed by atoms with Crippen LogP contribution in [0.5, 0.6) is 0 Å². The van der Waals surface area contributed by atoms with Crippen LogP contribution in [0, 0.1) is 5.92 Å². The van der Waals surface area contributed by atoms with Crippen LogP contribution in [0.25, 0.3) is 0 Å². The Bertz CT molecular complexity index is 175. The normalized spacial score (nSPS) is 32.3. The van der Waals surface area contributed by atoms with E-state index in [1.165, 1.54) is 32.2 Å².